The molecular weight excluding hydrogens is 382 g/mol. The molecule has 12 nitrogen and oxygen atoms in total. The Morgan fingerprint density at radius 1 is 1.21 bits per heavy atom. The predicted octanol–water partition coefficient (Wildman–Crippen LogP) is -1.79. The number of ether oxygens (including phenoxy) is 1. The van der Waals surface area contributed by atoms with Gasteiger partial charge in [0.1, 0.15) is 30.2 Å². The summed E-state index contributed by atoms with van der Waals surface area (Å²) in [7, 11) is 0. The van der Waals surface area contributed by atoms with E-state index in [2.05, 4.69) is 30.6 Å². The molecule has 2 aromatic rings. The van der Waals surface area contributed by atoms with Gasteiger partial charge in [-0.2, -0.15) is 0 Å². The summed E-state index contributed by atoms with van der Waals surface area (Å²) in [6, 6.07) is -0.951. The first-order chi connectivity index (χ1) is 14.0. The molecule has 0 aliphatic carbocycles. The highest BCUT2D eigenvalue weighted by Crippen LogP contribution is 2.24. The SMILES string of the molecule is NCCCCCC(=O)N[C@@H]1[C@@H](O)[C@H](O)[C@@H](Nc2ncnc3nc[nH]c23)O[C@H]1CO. The minimum Gasteiger partial charge on any atom is -0.394 e. The number of aliphatic hydroxyl groups excluding tert-OH is 3. The molecule has 0 bridgehead atoms. The fraction of sp³-hybridized carbons (Fsp3) is 0.647. The molecule has 3 rings (SSSR count). The molecule has 3 heterocycles. The Hall–Kier alpha value is -2.38. The minimum absolute atomic E-state index is 0.262. The lowest BCUT2D eigenvalue weighted by molar-refractivity contribution is -0.185. The Bertz CT molecular complexity index is 801. The molecule has 0 radical (unpaired) electrons. The second-order valence-electron chi connectivity index (χ2n) is 6.92. The molecule has 8 N–H and O–H groups in total. The van der Waals surface area contributed by atoms with Crippen molar-refractivity contribution in [3.63, 3.8) is 0 Å². The number of aromatic amines is 1. The maximum atomic E-state index is 12.2. The average Bonchev–Trinajstić information content (AvgIpc) is 3.20. The van der Waals surface area contributed by atoms with E-state index in [4.69, 9.17) is 10.5 Å². The van der Waals surface area contributed by atoms with E-state index < -0.39 is 37.2 Å². The average molecular weight is 409 g/mol. The summed E-state index contributed by atoms with van der Waals surface area (Å²) in [6.07, 6.45) is 0.613. The molecule has 1 fully saturated rings. The van der Waals surface area contributed by atoms with Gasteiger partial charge < -0.3 is 41.4 Å². The van der Waals surface area contributed by atoms with Crippen molar-refractivity contribution >= 4 is 22.9 Å². The zero-order chi connectivity index (χ0) is 20.8. The number of carbonyl (C=O) groups is 1. The third-order valence-corrected chi connectivity index (χ3v) is 4.87. The number of anilines is 1. The summed E-state index contributed by atoms with van der Waals surface area (Å²) in [5.74, 6) is 0.0320. The van der Waals surface area contributed by atoms with Gasteiger partial charge in [0, 0.05) is 6.42 Å². The number of nitrogens with zero attached hydrogens (tertiary/aromatic N) is 3. The lowest BCUT2D eigenvalue weighted by atomic mass is 9.95. The molecule has 1 aliphatic rings. The van der Waals surface area contributed by atoms with E-state index in [1.165, 1.54) is 12.7 Å². The van der Waals surface area contributed by atoms with Crippen LogP contribution < -0.4 is 16.4 Å². The van der Waals surface area contributed by atoms with Crippen LogP contribution in [0.5, 0.6) is 0 Å². The van der Waals surface area contributed by atoms with Crippen LogP contribution in [0.1, 0.15) is 25.7 Å². The van der Waals surface area contributed by atoms with Gasteiger partial charge in [0.05, 0.1) is 19.0 Å². The smallest absolute Gasteiger partial charge is 0.220 e. The van der Waals surface area contributed by atoms with Gasteiger partial charge in [0.25, 0.3) is 0 Å². The minimum atomic E-state index is -1.38. The van der Waals surface area contributed by atoms with Gasteiger partial charge in [-0.25, -0.2) is 15.0 Å². The fourth-order valence-electron chi connectivity index (χ4n) is 3.29. The van der Waals surface area contributed by atoms with E-state index in [1.807, 2.05) is 0 Å². The first-order valence-electron chi connectivity index (χ1n) is 9.57. The number of carbonyl (C=O) groups excluding carboxylic acids is 1. The third kappa shape index (κ3) is 4.97. The number of hydrogen-bond donors (Lipinski definition) is 7. The monoisotopic (exact) mass is 409 g/mol. The van der Waals surface area contributed by atoms with Crippen molar-refractivity contribution in [1.82, 2.24) is 25.3 Å². The van der Waals surface area contributed by atoms with Crippen LogP contribution in [0.4, 0.5) is 5.82 Å². The number of H-pyrrole nitrogens is 1. The Kier molecular flexibility index (Phi) is 7.28. The Labute approximate surface area is 166 Å². The van der Waals surface area contributed by atoms with Crippen LogP contribution in [0.2, 0.25) is 0 Å². The molecule has 0 spiro atoms. The maximum absolute atomic E-state index is 12.2. The number of imidazole rings is 1. The zero-order valence-corrected chi connectivity index (χ0v) is 15.9. The number of aromatic nitrogens is 4. The molecule has 29 heavy (non-hydrogen) atoms. The van der Waals surface area contributed by atoms with E-state index in [0.29, 0.717) is 29.9 Å². The van der Waals surface area contributed by atoms with Gasteiger partial charge in [-0.1, -0.05) is 6.42 Å². The van der Waals surface area contributed by atoms with Crippen molar-refractivity contribution < 1.29 is 24.9 Å². The number of aliphatic hydroxyl groups is 3. The third-order valence-electron chi connectivity index (χ3n) is 4.87. The second-order valence-corrected chi connectivity index (χ2v) is 6.92. The highest BCUT2D eigenvalue weighted by atomic mass is 16.5. The Morgan fingerprint density at radius 2 is 2.03 bits per heavy atom. The number of rotatable bonds is 9. The van der Waals surface area contributed by atoms with E-state index in [0.717, 1.165) is 12.8 Å². The number of amides is 1. The number of nitrogens with two attached hydrogens (primary N) is 1. The highest BCUT2D eigenvalue weighted by Gasteiger charge is 2.45. The summed E-state index contributed by atoms with van der Waals surface area (Å²) < 4.78 is 5.71. The van der Waals surface area contributed by atoms with Gasteiger partial charge in [-0.15, -0.1) is 0 Å². The summed E-state index contributed by atoms with van der Waals surface area (Å²) >= 11 is 0. The highest BCUT2D eigenvalue weighted by molar-refractivity contribution is 5.82. The van der Waals surface area contributed by atoms with Gasteiger partial charge in [0.15, 0.2) is 17.7 Å². The van der Waals surface area contributed by atoms with Crippen molar-refractivity contribution in [2.45, 2.75) is 56.3 Å². The molecule has 160 valence electrons. The standard InChI is InChI=1S/C17H27N7O5/c18-5-3-1-2-4-10(26)23-11-9(6-25)29-17(14(28)13(11)27)24-16-12-15(20-7-19-12)21-8-22-16/h7-9,11,13-14,17,25,27-28H,1-6,18H2,(H,23,26)(H2,19,20,21,22,24)/t9-,11-,13+,14-,17-/m0/s1. The van der Waals surface area contributed by atoms with E-state index in [-0.39, 0.29) is 12.3 Å². The zero-order valence-electron chi connectivity index (χ0n) is 15.9. The van der Waals surface area contributed by atoms with Crippen LogP contribution in [-0.4, -0.2) is 84.9 Å². The van der Waals surface area contributed by atoms with Gasteiger partial charge in [-0.3, -0.25) is 4.79 Å². The molecular formula is C17H27N7O5. The molecule has 0 aromatic carbocycles. The van der Waals surface area contributed by atoms with Crippen LogP contribution >= 0.6 is 0 Å². The molecule has 1 amide bonds. The number of unbranched alkanes of at least 4 members (excludes halogenated alkanes) is 2. The summed E-state index contributed by atoms with van der Waals surface area (Å²) in [6.45, 7) is 0.116. The Balaban J connectivity index is 1.64. The summed E-state index contributed by atoms with van der Waals surface area (Å²) in [5.41, 5.74) is 6.36. The quantitative estimate of drug-likeness (QED) is 0.233. The van der Waals surface area contributed by atoms with Crippen molar-refractivity contribution in [2.24, 2.45) is 5.73 Å². The lowest BCUT2D eigenvalue weighted by Gasteiger charge is -2.42. The molecule has 12 heteroatoms. The van der Waals surface area contributed by atoms with Crippen molar-refractivity contribution in [3.05, 3.63) is 12.7 Å². The topological polar surface area (TPSA) is 192 Å². The molecule has 5 atom stereocenters. The number of fused-ring (bicyclic) bond motifs is 1. The lowest BCUT2D eigenvalue weighted by Crippen LogP contribution is -2.65. The summed E-state index contributed by atoms with van der Waals surface area (Å²) in [4.78, 5) is 27.2. The Morgan fingerprint density at radius 3 is 2.79 bits per heavy atom. The molecule has 0 saturated carbocycles. The van der Waals surface area contributed by atoms with E-state index in [1.54, 1.807) is 0 Å². The van der Waals surface area contributed by atoms with E-state index >= 15 is 0 Å². The van der Waals surface area contributed by atoms with Gasteiger partial charge in [0.2, 0.25) is 5.91 Å². The van der Waals surface area contributed by atoms with Crippen LogP contribution in [-0.2, 0) is 9.53 Å². The van der Waals surface area contributed by atoms with Crippen LogP contribution in [0.3, 0.4) is 0 Å². The normalized spacial score (nSPS) is 27.1. The fourth-order valence-corrected chi connectivity index (χ4v) is 3.29. The van der Waals surface area contributed by atoms with E-state index in [9.17, 15) is 20.1 Å². The van der Waals surface area contributed by atoms with Crippen molar-refractivity contribution in [1.29, 1.82) is 0 Å². The van der Waals surface area contributed by atoms with Gasteiger partial charge in [-0.05, 0) is 19.4 Å². The second kappa shape index (κ2) is 9.89. The molecule has 2 aromatic heterocycles. The first kappa shape index (κ1) is 21.3. The number of hydrogen-bond acceptors (Lipinski definition) is 10. The van der Waals surface area contributed by atoms with Crippen LogP contribution in [0.25, 0.3) is 11.2 Å². The largest absolute Gasteiger partial charge is 0.394 e. The van der Waals surface area contributed by atoms with Crippen LogP contribution in [0.15, 0.2) is 12.7 Å². The molecule has 1 aliphatic heterocycles. The predicted molar refractivity (Wildman–Crippen MR) is 103 cm³/mol. The van der Waals surface area contributed by atoms with Gasteiger partial charge >= 0.3 is 0 Å². The van der Waals surface area contributed by atoms with Crippen molar-refractivity contribution in [2.75, 3.05) is 18.5 Å². The van der Waals surface area contributed by atoms with Crippen LogP contribution in [0, 0.1) is 0 Å². The molecule has 0 unspecified atom stereocenters. The maximum Gasteiger partial charge on any atom is 0.220 e. The summed E-state index contributed by atoms with van der Waals surface area (Å²) in [5, 5.41) is 36.3. The number of nitrogens with one attached hydrogen (secondary N) is 3. The molecule has 1 saturated heterocycles. The first-order valence-corrected chi connectivity index (χ1v) is 9.57. The van der Waals surface area contributed by atoms with Crippen molar-refractivity contribution in [3.8, 4) is 0 Å².